The first-order valence-electron chi connectivity index (χ1n) is 3.36. The van der Waals surface area contributed by atoms with Gasteiger partial charge >= 0.3 is 5.97 Å². The second kappa shape index (κ2) is 2.64. The number of ether oxygens (including phenoxy) is 1. The van der Waals surface area contributed by atoms with E-state index < -0.39 is 5.97 Å². The largest absolute Gasteiger partial charge is 0.463 e. The van der Waals surface area contributed by atoms with E-state index in [1.807, 2.05) is 11.4 Å². The van der Waals surface area contributed by atoms with E-state index in [2.05, 4.69) is 4.74 Å². The van der Waals surface area contributed by atoms with Gasteiger partial charge in [-0.1, -0.05) is 0 Å². The average Bonchev–Trinajstić information content (AvgIpc) is 2.60. The molecule has 0 spiro atoms. The smallest absolute Gasteiger partial charge is 0.374 e. The molecule has 0 radical (unpaired) electrons. The molecule has 0 saturated heterocycles. The zero-order valence-electron chi connectivity index (χ0n) is 6.37. The Morgan fingerprint density at radius 3 is 3.17 bits per heavy atom. The van der Waals surface area contributed by atoms with Crippen LogP contribution in [0, 0.1) is 0 Å². The zero-order chi connectivity index (χ0) is 8.55. The van der Waals surface area contributed by atoms with Gasteiger partial charge in [0.05, 0.1) is 11.8 Å². The van der Waals surface area contributed by atoms with Crippen molar-refractivity contribution in [2.75, 3.05) is 7.11 Å². The molecule has 12 heavy (non-hydrogen) atoms. The van der Waals surface area contributed by atoms with Crippen molar-refractivity contribution in [2.45, 2.75) is 0 Å². The summed E-state index contributed by atoms with van der Waals surface area (Å²) in [6.07, 6.45) is 0. The van der Waals surface area contributed by atoms with Crippen LogP contribution in [0.5, 0.6) is 0 Å². The van der Waals surface area contributed by atoms with Crippen molar-refractivity contribution in [1.82, 2.24) is 0 Å². The van der Waals surface area contributed by atoms with Crippen LogP contribution in [0.3, 0.4) is 0 Å². The minimum absolute atomic E-state index is 0.263. The maximum absolute atomic E-state index is 11.0. The molecule has 0 amide bonds. The van der Waals surface area contributed by atoms with Gasteiger partial charge in [-0.2, -0.15) is 0 Å². The number of hydrogen-bond acceptors (Lipinski definition) is 4. The molecule has 3 nitrogen and oxygen atoms in total. The number of thiophene rings is 1. The van der Waals surface area contributed by atoms with Gasteiger partial charge in [0.25, 0.3) is 0 Å². The highest BCUT2D eigenvalue weighted by Gasteiger charge is 2.12. The Balaban J connectivity index is 2.51. The van der Waals surface area contributed by atoms with E-state index in [-0.39, 0.29) is 5.76 Å². The summed E-state index contributed by atoms with van der Waals surface area (Å²) in [5.74, 6) is -0.169. The molecule has 2 aromatic rings. The van der Waals surface area contributed by atoms with E-state index in [0.717, 1.165) is 10.3 Å². The zero-order valence-corrected chi connectivity index (χ0v) is 7.18. The summed E-state index contributed by atoms with van der Waals surface area (Å²) >= 11 is 1.53. The minimum Gasteiger partial charge on any atom is -0.463 e. The summed E-state index contributed by atoms with van der Waals surface area (Å²) < 4.78 is 10.7. The lowest BCUT2D eigenvalue weighted by molar-refractivity contribution is 0.0567. The predicted octanol–water partition coefficient (Wildman–Crippen LogP) is 2.28. The Kier molecular flexibility index (Phi) is 1.62. The van der Waals surface area contributed by atoms with E-state index in [4.69, 9.17) is 4.42 Å². The molecule has 0 aliphatic rings. The first-order valence-corrected chi connectivity index (χ1v) is 4.24. The van der Waals surface area contributed by atoms with Crippen molar-refractivity contribution in [3.8, 4) is 0 Å². The summed E-state index contributed by atoms with van der Waals surface area (Å²) in [4.78, 5) is 11.0. The molecular formula is C8H6O3S. The van der Waals surface area contributed by atoms with Crippen LogP contribution in [0.15, 0.2) is 21.9 Å². The molecule has 2 aromatic heterocycles. The molecule has 0 aliphatic heterocycles. The third kappa shape index (κ3) is 1.00. The topological polar surface area (TPSA) is 39.4 Å². The van der Waals surface area contributed by atoms with E-state index in [0.29, 0.717) is 0 Å². The van der Waals surface area contributed by atoms with Crippen molar-refractivity contribution in [3.63, 3.8) is 0 Å². The Morgan fingerprint density at radius 2 is 2.50 bits per heavy atom. The number of carbonyl (C=O) groups is 1. The van der Waals surface area contributed by atoms with E-state index >= 15 is 0 Å². The van der Waals surface area contributed by atoms with Crippen LogP contribution in [-0.2, 0) is 4.74 Å². The maximum Gasteiger partial charge on any atom is 0.374 e. The molecule has 0 N–H and O–H groups in total. The Bertz CT molecular complexity index is 384. The first kappa shape index (κ1) is 7.36. The van der Waals surface area contributed by atoms with Crippen molar-refractivity contribution in [2.24, 2.45) is 0 Å². The SMILES string of the molecule is COC(=O)c1cc2sccc2o1. The van der Waals surface area contributed by atoms with E-state index in [1.54, 1.807) is 6.07 Å². The number of esters is 1. The number of methoxy groups -OCH3 is 1. The fourth-order valence-electron chi connectivity index (χ4n) is 0.967. The Hall–Kier alpha value is -1.29. The van der Waals surface area contributed by atoms with Gasteiger partial charge in [-0.15, -0.1) is 11.3 Å². The Labute approximate surface area is 72.6 Å². The predicted molar refractivity (Wildman–Crippen MR) is 45.4 cm³/mol. The lowest BCUT2D eigenvalue weighted by Gasteiger charge is -1.90. The summed E-state index contributed by atoms with van der Waals surface area (Å²) in [5, 5.41) is 1.91. The van der Waals surface area contributed by atoms with Crippen molar-refractivity contribution in [3.05, 3.63) is 23.3 Å². The summed E-state index contributed by atoms with van der Waals surface area (Å²) in [7, 11) is 1.33. The molecular weight excluding hydrogens is 176 g/mol. The van der Waals surface area contributed by atoms with Crippen molar-refractivity contribution in [1.29, 1.82) is 0 Å². The second-order valence-electron chi connectivity index (χ2n) is 2.25. The first-order chi connectivity index (χ1) is 5.81. The van der Waals surface area contributed by atoms with Crippen molar-refractivity contribution >= 4 is 27.6 Å². The standard InChI is InChI=1S/C8H6O3S/c1-10-8(9)6-4-7-5(11-6)2-3-12-7/h2-4H,1H3. The minimum atomic E-state index is -0.432. The normalized spacial score (nSPS) is 10.4. The third-order valence-corrected chi connectivity index (χ3v) is 2.37. The second-order valence-corrected chi connectivity index (χ2v) is 3.20. The number of rotatable bonds is 1. The quantitative estimate of drug-likeness (QED) is 0.635. The van der Waals surface area contributed by atoms with Crippen LogP contribution in [0.2, 0.25) is 0 Å². The lowest BCUT2D eigenvalue weighted by atomic mass is 10.4. The molecule has 0 bridgehead atoms. The number of furan rings is 1. The number of fused-ring (bicyclic) bond motifs is 1. The van der Waals surface area contributed by atoms with Crippen LogP contribution in [-0.4, -0.2) is 13.1 Å². The fraction of sp³-hybridized carbons (Fsp3) is 0.125. The molecule has 2 heterocycles. The van der Waals surface area contributed by atoms with Crippen LogP contribution in [0.1, 0.15) is 10.6 Å². The molecule has 2 rings (SSSR count). The molecule has 0 fully saturated rings. The van der Waals surface area contributed by atoms with Crippen molar-refractivity contribution < 1.29 is 13.9 Å². The van der Waals surface area contributed by atoms with Gasteiger partial charge in [0.1, 0.15) is 5.58 Å². The van der Waals surface area contributed by atoms with Gasteiger partial charge in [-0.25, -0.2) is 4.79 Å². The van der Waals surface area contributed by atoms with Crippen LogP contribution < -0.4 is 0 Å². The van der Waals surface area contributed by atoms with Gasteiger partial charge < -0.3 is 9.15 Å². The maximum atomic E-state index is 11.0. The Morgan fingerprint density at radius 1 is 1.67 bits per heavy atom. The van der Waals surface area contributed by atoms with Crippen LogP contribution in [0.4, 0.5) is 0 Å². The molecule has 0 aliphatic carbocycles. The molecule has 0 saturated carbocycles. The van der Waals surface area contributed by atoms with Gasteiger partial charge in [-0.05, 0) is 11.4 Å². The number of hydrogen-bond donors (Lipinski definition) is 0. The molecule has 4 heteroatoms. The highest BCUT2D eigenvalue weighted by molar-refractivity contribution is 7.17. The van der Waals surface area contributed by atoms with Crippen LogP contribution >= 0.6 is 11.3 Å². The number of carbonyl (C=O) groups excluding carboxylic acids is 1. The summed E-state index contributed by atoms with van der Waals surface area (Å²) in [5.41, 5.74) is 0.736. The average molecular weight is 182 g/mol. The van der Waals surface area contributed by atoms with Gasteiger partial charge in [0.2, 0.25) is 5.76 Å². The fourth-order valence-corrected chi connectivity index (χ4v) is 1.71. The van der Waals surface area contributed by atoms with Gasteiger partial charge in [0, 0.05) is 6.07 Å². The van der Waals surface area contributed by atoms with Gasteiger partial charge in [0.15, 0.2) is 0 Å². The van der Waals surface area contributed by atoms with E-state index in [9.17, 15) is 4.79 Å². The third-order valence-electron chi connectivity index (χ3n) is 1.53. The molecule has 0 unspecified atom stereocenters. The lowest BCUT2D eigenvalue weighted by Crippen LogP contribution is -1.97. The summed E-state index contributed by atoms with van der Waals surface area (Å²) in [6, 6.07) is 3.51. The molecule has 0 atom stereocenters. The van der Waals surface area contributed by atoms with Crippen LogP contribution in [0.25, 0.3) is 10.3 Å². The molecule has 62 valence electrons. The highest BCUT2D eigenvalue weighted by atomic mass is 32.1. The van der Waals surface area contributed by atoms with E-state index in [1.165, 1.54) is 18.4 Å². The molecule has 0 aromatic carbocycles. The highest BCUT2D eigenvalue weighted by Crippen LogP contribution is 2.24. The van der Waals surface area contributed by atoms with Gasteiger partial charge in [-0.3, -0.25) is 0 Å². The monoisotopic (exact) mass is 182 g/mol. The summed E-state index contributed by atoms with van der Waals surface area (Å²) in [6.45, 7) is 0.